The van der Waals surface area contributed by atoms with Gasteiger partial charge in [0.15, 0.2) is 5.82 Å². The number of aromatic nitrogens is 2. The van der Waals surface area contributed by atoms with Gasteiger partial charge in [0.05, 0.1) is 5.56 Å². The molecule has 0 aliphatic carbocycles. The van der Waals surface area contributed by atoms with Crippen LogP contribution in [-0.2, 0) is 6.18 Å². The van der Waals surface area contributed by atoms with Gasteiger partial charge in [-0.1, -0.05) is 28.1 Å². The molecule has 0 spiro atoms. The molecule has 3 aromatic rings. The molecule has 0 atom stereocenters. The molecule has 1 aliphatic rings. The molecule has 33 heavy (non-hydrogen) atoms. The first-order chi connectivity index (χ1) is 15.7. The van der Waals surface area contributed by atoms with Gasteiger partial charge in [-0.05, 0) is 43.3 Å². The van der Waals surface area contributed by atoms with Crippen molar-refractivity contribution in [1.29, 1.82) is 0 Å². The number of alkyl halides is 3. The second-order valence-corrected chi connectivity index (χ2v) is 8.60. The first-order valence-electron chi connectivity index (χ1n) is 10.3. The smallest absolute Gasteiger partial charge is 0.353 e. The Balaban J connectivity index is 1.45. The van der Waals surface area contributed by atoms with Crippen molar-refractivity contribution in [3.63, 3.8) is 0 Å². The maximum Gasteiger partial charge on any atom is 0.416 e. The van der Waals surface area contributed by atoms with Crippen molar-refractivity contribution in [2.75, 3.05) is 36.4 Å². The number of carbonyl (C=O) groups excluding carboxylic acids is 1. The van der Waals surface area contributed by atoms with Crippen LogP contribution >= 0.6 is 15.9 Å². The topological polar surface area (TPSA) is 61.4 Å². The molecule has 0 unspecified atom stereocenters. The highest BCUT2D eigenvalue weighted by Crippen LogP contribution is 2.32. The Morgan fingerprint density at radius 3 is 2.36 bits per heavy atom. The van der Waals surface area contributed by atoms with E-state index in [-0.39, 0.29) is 11.9 Å². The zero-order valence-electron chi connectivity index (χ0n) is 17.7. The second kappa shape index (κ2) is 9.38. The summed E-state index contributed by atoms with van der Waals surface area (Å²) in [6, 6.07) is 14.0. The zero-order valence-corrected chi connectivity index (χ0v) is 19.3. The van der Waals surface area contributed by atoms with Crippen LogP contribution in [0.2, 0.25) is 0 Å². The van der Waals surface area contributed by atoms with Gasteiger partial charge in [-0.25, -0.2) is 14.8 Å². The summed E-state index contributed by atoms with van der Waals surface area (Å²) in [6.07, 6.45) is -4.43. The SMILES string of the molecule is Cc1cc(N2CCN(C(=O)Nc3ccc(Br)cc3)CC2)nc(-c2cccc(C(F)(F)F)c2)n1. The third-order valence-electron chi connectivity index (χ3n) is 5.28. The third-order valence-corrected chi connectivity index (χ3v) is 5.80. The number of urea groups is 1. The molecule has 0 radical (unpaired) electrons. The second-order valence-electron chi connectivity index (χ2n) is 7.68. The summed E-state index contributed by atoms with van der Waals surface area (Å²) in [4.78, 5) is 25.2. The number of nitrogens with one attached hydrogen (secondary N) is 1. The van der Waals surface area contributed by atoms with E-state index >= 15 is 0 Å². The number of rotatable bonds is 3. The molecule has 0 bridgehead atoms. The van der Waals surface area contributed by atoms with Gasteiger partial charge in [-0.3, -0.25) is 0 Å². The molecule has 4 rings (SSSR count). The number of halogens is 4. The summed E-state index contributed by atoms with van der Waals surface area (Å²) in [5.74, 6) is 0.870. The molecule has 2 heterocycles. The number of piperazine rings is 1. The van der Waals surface area contributed by atoms with Crippen molar-refractivity contribution in [3.8, 4) is 11.4 Å². The summed E-state index contributed by atoms with van der Waals surface area (Å²) in [5.41, 5.74) is 0.935. The number of hydrogen-bond donors (Lipinski definition) is 1. The molecule has 172 valence electrons. The number of carbonyl (C=O) groups is 1. The Kier molecular flexibility index (Phi) is 6.55. The molecule has 10 heteroatoms. The lowest BCUT2D eigenvalue weighted by atomic mass is 10.1. The van der Waals surface area contributed by atoms with Crippen LogP contribution in [-0.4, -0.2) is 47.1 Å². The van der Waals surface area contributed by atoms with Crippen LogP contribution in [0.3, 0.4) is 0 Å². The van der Waals surface area contributed by atoms with Crippen LogP contribution in [0.4, 0.5) is 29.5 Å². The Morgan fingerprint density at radius 2 is 1.70 bits per heavy atom. The van der Waals surface area contributed by atoms with Gasteiger partial charge < -0.3 is 15.1 Å². The minimum Gasteiger partial charge on any atom is -0.353 e. The fourth-order valence-electron chi connectivity index (χ4n) is 3.55. The van der Waals surface area contributed by atoms with Gasteiger partial charge in [0.2, 0.25) is 0 Å². The fraction of sp³-hybridized carbons (Fsp3) is 0.261. The van der Waals surface area contributed by atoms with E-state index in [1.807, 2.05) is 29.2 Å². The molecule has 2 aromatic carbocycles. The highest BCUT2D eigenvalue weighted by Gasteiger charge is 2.31. The summed E-state index contributed by atoms with van der Waals surface area (Å²) in [5, 5.41) is 2.88. The molecule has 1 aliphatic heterocycles. The van der Waals surface area contributed by atoms with Crippen LogP contribution in [0.25, 0.3) is 11.4 Å². The monoisotopic (exact) mass is 519 g/mol. The minimum absolute atomic E-state index is 0.180. The van der Waals surface area contributed by atoms with Crippen molar-refractivity contribution in [3.05, 3.63) is 70.3 Å². The highest BCUT2D eigenvalue weighted by atomic mass is 79.9. The maximum atomic E-state index is 13.1. The van der Waals surface area contributed by atoms with Crippen LogP contribution in [0, 0.1) is 6.92 Å². The molecule has 1 fully saturated rings. The summed E-state index contributed by atoms with van der Waals surface area (Å²) in [7, 11) is 0. The van der Waals surface area contributed by atoms with Gasteiger partial charge in [-0.2, -0.15) is 13.2 Å². The van der Waals surface area contributed by atoms with E-state index in [1.54, 1.807) is 24.0 Å². The van der Waals surface area contributed by atoms with E-state index in [1.165, 1.54) is 6.07 Å². The largest absolute Gasteiger partial charge is 0.416 e. The summed E-state index contributed by atoms with van der Waals surface area (Å²) < 4.78 is 40.2. The molecule has 1 N–H and O–H groups in total. The van der Waals surface area contributed by atoms with E-state index in [0.29, 0.717) is 48.9 Å². The lowest BCUT2D eigenvalue weighted by Gasteiger charge is -2.35. The third kappa shape index (κ3) is 5.62. The normalized spacial score (nSPS) is 14.3. The zero-order chi connectivity index (χ0) is 23.6. The van der Waals surface area contributed by atoms with Crippen LogP contribution < -0.4 is 10.2 Å². The number of benzene rings is 2. The Morgan fingerprint density at radius 1 is 1.00 bits per heavy atom. The van der Waals surface area contributed by atoms with Crippen molar-refractivity contribution in [2.24, 2.45) is 0 Å². The van der Waals surface area contributed by atoms with Crippen LogP contribution in [0.15, 0.2) is 59.1 Å². The summed E-state index contributed by atoms with van der Waals surface area (Å²) in [6.45, 7) is 3.86. The van der Waals surface area contributed by atoms with Gasteiger partial charge in [0.25, 0.3) is 0 Å². The Hall–Kier alpha value is -3.14. The lowest BCUT2D eigenvalue weighted by Crippen LogP contribution is -2.50. The van der Waals surface area contributed by atoms with Gasteiger partial charge >= 0.3 is 12.2 Å². The molecule has 1 saturated heterocycles. The lowest BCUT2D eigenvalue weighted by molar-refractivity contribution is -0.137. The summed E-state index contributed by atoms with van der Waals surface area (Å²) >= 11 is 3.37. The molecular weight excluding hydrogens is 499 g/mol. The van der Waals surface area contributed by atoms with Crippen LogP contribution in [0.1, 0.15) is 11.3 Å². The first-order valence-corrected chi connectivity index (χ1v) is 11.1. The predicted molar refractivity (Wildman–Crippen MR) is 124 cm³/mol. The number of nitrogens with zero attached hydrogens (tertiary/aromatic N) is 4. The van der Waals surface area contributed by atoms with Crippen molar-refractivity contribution < 1.29 is 18.0 Å². The van der Waals surface area contributed by atoms with E-state index in [4.69, 9.17) is 0 Å². The predicted octanol–water partition coefficient (Wildman–Crippen LogP) is 5.59. The number of aryl methyl sites for hydroxylation is 1. The number of amides is 2. The number of anilines is 2. The standard InChI is InChI=1S/C23H21BrF3N5O/c1-15-13-20(30-21(28-15)16-3-2-4-17(14-16)23(25,26)27)31-9-11-32(12-10-31)22(33)29-19-7-5-18(24)6-8-19/h2-8,13-14H,9-12H2,1H3,(H,29,33). The van der Waals surface area contributed by atoms with Crippen molar-refractivity contribution in [1.82, 2.24) is 14.9 Å². The van der Waals surface area contributed by atoms with Crippen molar-refractivity contribution >= 4 is 33.5 Å². The highest BCUT2D eigenvalue weighted by molar-refractivity contribution is 9.10. The van der Waals surface area contributed by atoms with E-state index in [0.717, 1.165) is 16.6 Å². The van der Waals surface area contributed by atoms with E-state index < -0.39 is 11.7 Å². The van der Waals surface area contributed by atoms with E-state index in [2.05, 4.69) is 31.2 Å². The molecule has 1 aromatic heterocycles. The van der Waals surface area contributed by atoms with Gasteiger partial charge in [0.1, 0.15) is 5.82 Å². The Labute approximate surface area is 197 Å². The fourth-order valence-corrected chi connectivity index (χ4v) is 3.82. The van der Waals surface area contributed by atoms with E-state index in [9.17, 15) is 18.0 Å². The quantitative estimate of drug-likeness (QED) is 0.490. The average molecular weight is 520 g/mol. The Bertz CT molecular complexity index is 1150. The first kappa shape index (κ1) is 23.0. The molecular formula is C23H21BrF3N5O. The van der Waals surface area contributed by atoms with Gasteiger partial charge in [-0.15, -0.1) is 0 Å². The van der Waals surface area contributed by atoms with Crippen LogP contribution in [0.5, 0.6) is 0 Å². The molecule has 6 nitrogen and oxygen atoms in total. The van der Waals surface area contributed by atoms with Gasteiger partial charge in [0, 0.05) is 53.7 Å². The maximum absolute atomic E-state index is 13.1. The van der Waals surface area contributed by atoms with Crippen molar-refractivity contribution in [2.45, 2.75) is 13.1 Å². The molecule has 0 saturated carbocycles. The molecule has 2 amide bonds. The number of hydrogen-bond acceptors (Lipinski definition) is 4. The minimum atomic E-state index is -4.43. The average Bonchev–Trinajstić information content (AvgIpc) is 2.80.